The van der Waals surface area contributed by atoms with Crippen molar-refractivity contribution in [2.24, 2.45) is 0 Å². The van der Waals surface area contributed by atoms with Crippen LogP contribution in [0.4, 0.5) is 4.39 Å². The van der Waals surface area contributed by atoms with Crippen LogP contribution in [-0.2, 0) is 11.2 Å². The number of Topliss-reactive ketones (excluding diaryl/α,β-unsaturated/α-hetero) is 1. The average Bonchev–Trinajstić information content (AvgIpc) is 1.96. The molecule has 0 heterocycles. The fourth-order valence-corrected chi connectivity index (χ4v) is 1.90. The van der Waals surface area contributed by atoms with E-state index < -0.39 is 5.82 Å². The van der Waals surface area contributed by atoms with Crippen molar-refractivity contribution in [2.75, 3.05) is 0 Å². The minimum Gasteiger partial charge on any atom is -0.300 e. The Balaban J connectivity index is 3.13. The molecule has 4 heteroatoms. The van der Waals surface area contributed by atoms with Crippen LogP contribution in [0.1, 0.15) is 12.5 Å². The van der Waals surface area contributed by atoms with Crippen molar-refractivity contribution in [3.05, 3.63) is 33.0 Å². The van der Waals surface area contributed by atoms with Gasteiger partial charge in [0.05, 0.1) is 0 Å². The van der Waals surface area contributed by atoms with Gasteiger partial charge in [-0.1, -0.05) is 27.5 Å². The molecule has 70 valence electrons. The number of ketones is 1. The van der Waals surface area contributed by atoms with Crippen molar-refractivity contribution in [2.45, 2.75) is 13.3 Å². The van der Waals surface area contributed by atoms with Crippen LogP contribution in [0.3, 0.4) is 0 Å². The van der Waals surface area contributed by atoms with Crippen molar-refractivity contribution in [1.29, 1.82) is 0 Å². The molecular weight excluding hydrogens is 258 g/mol. The summed E-state index contributed by atoms with van der Waals surface area (Å²) in [6, 6.07) is 2.77. The first kappa shape index (κ1) is 10.7. The van der Waals surface area contributed by atoms with Crippen molar-refractivity contribution in [3.8, 4) is 0 Å². The van der Waals surface area contributed by atoms with Gasteiger partial charge < -0.3 is 0 Å². The molecule has 0 fully saturated rings. The van der Waals surface area contributed by atoms with Gasteiger partial charge in [0.1, 0.15) is 11.6 Å². The maximum absolute atomic E-state index is 13.2. The van der Waals surface area contributed by atoms with E-state index in [1.807, 2.05) is 0 Å². The van der Waals surface area contributed by atoms with Crippen LogP contribution in [0, 0.1) is 5.82 Å². The van der Waals surface area contributed by atoms with Crippen LogP contribution >= 0.6 is 27.5 Å². The largest absolute Gasteiger partial charge is 0.300 e. The van der Waals surface area contributed by atoms with Gasteiger partial charge in [-0.05, 0) is 19.1 Å². The normalized spacial score (nSPS) is 10.2. The number of carbonyl (C=O) groups is 1. The number of hydrogen-bond acceptors (Lipinski definition) is 1. The molecule has 0 aromatic heterocycles. The number of carbonyl (C=O) groups excluding carboxylic acids is 1. The van der Waals surface area contributed by atoms with E-state index in [1.165, 1.54) is 13.0 Å². The Bertz CT molecular complexity index is 328. The van der Waals surface area contributed by atoms with Gasteiger partial charge in [0, 0.05) is 21.5 Å². The van der Waals surface area contributed by atoms with Crippen LogP contribution in [0.25, 0.3) is 0 Å². The molecule has 1 rings (SSSR count). The molecule has 0 N–H and O–H groups in total. The summed E-state index contributed by atoms with van der Waals surface area (Å²) in [6.07, 6.45) is 0.0869. The van der Waals surface area contributed by atoms with E-state index in [1.54, 1.807) is 6.07 Å². The lowest BCUT2D eigenvalue weighted by atomic mass is 10.1. The van der Waals surface area contributed by atoms with Crippen LogP contribution in [0.2, 0.25) is 5.02 Å². The molecular formula is C9H7BrClFO. The SMILES string of the molecule is CC(=O)Cc1c(F)cc(Cl)cc1Br. The molecule has 0 aliphatic heterocycles. The molecule has 0 spiro atoms. The molecule has 0 aliphatic carbocycles. The van der Waals surface area contributed by atoms with Gasteiger partial charge >= 0.3 is 0 Å². The molecule has 0 aliphatic rings. The fraction of sp³-hybridized carbons (Fsp3) is 0.222. The third-order valence-electron chi connectivity index (χ3n) is 1.53. The summed E-state index contributed by atoms with van der Waals surface area (Å²) in [6.45, 7) is 1.42. The van der Waals surface area contributed by atoms with E-state index >= 15 is 0 Å². The summed E-state index contributed by atoms with van der Waals surface area (Å²) < 4.78 is 13.7. The van der Waals surface area contributed by atoms with E-state index in [0.717, 1.165) is 0 Å². The molecule has 1 aromatic rings. The summed E-state index contributed by atoms with van der Waals surface area (Å²) in [5, 5.41) is 0.316. The minimum atomic E-state index is -0.449. The van der Waals surface area contributed by atoms with Crippen LogP contribution < -0.4 is 0 Å². The molecule has 0 amide bonds. The van der Waals surface area contributed by atoms with E-state index in [-0.39, 0.29) is 12.2 Å². The number of benzene rings is 1. The van der Waals surface area contributed by atoms with E-state index in [0.29, 0.717) is 15.1 Å². The number of halogens is 3. The standard InChI is InChI=1S/C9H7BrClFO/c1-5(13)2-7-8(10)3-6(11)4-9(7)12/h3-4H,2H2,1H3. The lowest BCUT2D eigenvalue weighted by Crippen LogP contribution is -2.00. The minimum absolute atomic E-state index is 0.0816. The lowest BCUT2D eigenvalue weighted by molar-refractivity contribution is -0.116. The second kappa shape index (κ2) is 4.20. The van der Waals surface area contributed by atoms with Crippen LogP contribution in [0.15, 0.2) is 16.6 Å². The van der Waals surface area contributed by atoms with Crippen molar-refractivity contribution in [3.63, 3.8) is 0 Å². The Morgan fingerprint density at radius 1 is 1.62 bits per heavy atom. The summed E-state index contributed by atoms with van der Waals surface area (Å²) in [5.41, 5.74) is 0.358. The highest BCUT2D eigenvalue weighted by atomic mass is 79.9. The summed E-state index contributed by atoms with van der Waals surface area (Å²) in [7, 11) is 0. The van der Waals surface area contributed by atoms with Crippen LogP contribution in [-0.4, -0.2) is 5.78 Å². The molecule has 0 radical (unpaired) electrons. The van der Waals surface area contributed by atoms with Crippen LogP contribution in [0.5, 0.6) is 0 Å². The Labute approximate surface area is 89.0 Å². The third-order valence-corrected chi connectivity index (χ3v) is 2.46. The first-order valence-corrected chi connectivity index (χ1v) is 4.80. The number of rotatable bonds is 2. The van der Waals surface area contributed by atoms with Gasteiger partial charge in [-0.25, -0.2) is 4.39 Å². The zero-order valence-corrected chi connectivity index (χ0v) is 9.25. The van der Waals surface area contributed by atoms with Gasteiger partial charge in [0.2, 0.25) is 0 Å². The second-order valence-corrected chi connectivity index (χ2v) is 4.02. The Hall–Kier alpha value is -0.410. The van der Waals surface area contributed by atoms with Crippen molar-refractivity contribution in [1.82, 2.24) is 0 Å². The maximum Gasteiger partial charge on any atom is 0.134 e. The monoisotopic (exact) mass is 264 g/mol. The highest BCUT2D eigenvalue weighted by molar-refractivity contribution is 9.10. The van der Waals surface area contributed by atoms with E-state index in [4.69, 9.17) is 11.6 Å². The quantitative estimate of drug-likeness (QED) is 0.801. The van der Waals surface area contributed by atoms with Crippen molar-refractivity contribution < 1.29 is 9.18 Å². The van der Waals surface area contributed by atoms with E-state index in [9.17, 15) is 9.18 Å². The number of hydrogen-bond donors (Lipinski definition) is 0. The predicted molar refractivity (Wildman–Crippen MR) is 53.5 cm³/mol. The fourth-order valence-electron chi connectivity index (χ4n) is 0.990. The molecule has 0 unspecified atom stereocenters. The van der Waals surface area contributed by atoms with Gasteiger partial charge in [-0.3, -0.25) is 4.79 Å². The molecule has 13 heavy (non-hydrogen) atoms. The Morgan fingerprint density at radius 3 is 2.69 bits per heavy atom. The first-order chi connectivity index (χ1) is 6.00. The smallest absolute Gasteiger partial charge is 0.134 e. The topological polar surface area (TPSA) is 17.1 Å². The zero-order chi connectivity index (χ0) is 10.0. The summed E-state index contributed by atoms with van der Waals surface area (Å²) in [5.74, 6) is -0.531. The Morgan fingerprint density at radius 2 is 2.23 bits per heavy atom. The third kappa shape index (κ3) is 2.78. The molecule has 0 bridgehead atoms. The second-order valence-electron chi connectivity index (χ2n) is 2.73. The molecule has 0 saturated heterocycles. The zero-order valence-electron chi connectivity index (χ0n) is 6.90. The van der Waals surface area contributed by atoms with E-state index in [2.05, 4.69) is 15.9 Å². The highest BCUT2D eigenvalue weighted by Gasteiger charge is 2.10. The highest BCUT2D eigenvalue weighted by Crippen LogP contribution is 2.25. The van der Waals surface area contributed by atoms with Crippen molar-refractivity contribution >= 4 is 33.3 Å². The molecule has 0 atom stereocenters. The molecule has 0 saturated carbocycles. The average molecular weight is 266 g/mol. The predicted octanol–water partition coefficient (Wildman–Crippen LogP) is 3.37. The first-order valence-electron chi connectivity index (χ1n) is 3.63. The van der Waals surface area contributed by atoms with Gasteiger partial charge in [0.25, 0.3) is 0 Å². The summed E-state index contributed by atoms with van der Waals surface area (Å²) in [4.78, 5) is 10.8. The molecule has 1 nitrogen and oxygen atoms in total. The van der Waals surface area contributed by atoms with Gasteiger partial charge in [-0.15, -0.1) is 0 Å². The summed E-state index contributed by atoms with van der Waals surface area (Å²) >= 11 is 8.75. The van der Waals surface area contributed by atoms with Gasteiger partial charge in [0.15, 0.2) is 0 Å². The Kier molecular flexibility index (Phi) is 3.45. The lowest BCUT2D eigenvalue weighted by Gasteiger charge is -2.04. The molecule has 1 aromatic carbocycles. The van der Waals surface area contributed by atoms with Gasteiger partial charge in [-0.2, -0.15) is 0 Å². The maximum atomic E-state index is 13.2.